The number of ketones is 1. The molecule has 0 radical (unpaired) electrons. The van der Waals surface area contributed by atoms with Gasteiger partial charge in [0.1, 0.15) is 0 Å². The first kappa shape index (κ1) is 12.1. The third-order valence-corrected chi connectivity index (χ3v) is 4.10. The summed E-state index contributed by atoms with van der Waals surface area (Å²) in [5.41, 5.74) is 1.17. The number of carbonyl (C=O) groups is 3. The van der Waals surface area contributed by atoms with Crippen LogP contribution < -0.4 is 4.90 Å². The number of amides is 2. The van der Waals surface area contributed by atoms with Gasteiger partial charge in [0.15, 0.2) is 5.78 Å². The number of anilines is 1. The molecule has 1 aliphatic carbocycles. The lowest BCUT2D eigenvalue weighted by molar-refractivity contribution is -0.132. The maximum Gasteiger partial charge on any atom is 0.236 e. The Kier molecular flexibility index (Phi) is 2.73. The minimum absolute atomic E-state index is 0.00446. The van der Waals surface area contributed by atoms with Crippen molar-refractivity contribution in [1.82, 2.24) is 0 Å². The van der Waals surface area contributed by atoms with E-state index in [2.05, 4.69) is 0 Å². The van der Waals surface area contributed by atoms with Gasteiger partial charge in [-0.05, 0) is 50.5 Å². The molecule has 0 N–H and O–H groups in total. The molecule has 2 amide bonds. The number of hydrogen-bond donors (Lipinski definition) is 0. The molecule has 3 rings (SSSR count). The Hall–Kier alpha value is -1.97. The van der Waals surface area contributed by atoms with E-state index in [1.807, 2.05) is 0 Å². The van der Waals surface area contributed by atoms with Gasteiger partial charge < -0.3 is 0 Å². The molecular formula is C15H15NO3. The maximum absolute atomic E-state index is 12.3. The Labute approximate surface area is 111 Å². The van der Waals surface area contributed by atoms with E-state index < -0.39 is 0 Å². The van der Waals surface area contributed by atoms with Crippen LogP contribution in [0.3, 0.4) is 0 Å². The zero-order chi connectivity index (χ0) is 13.6. The van der Waals surface area contributed by atoms with Crippen molar-refractivity contribution in [2.75, 3.05) is 4.90 Å². The van der Waals surface area contributed by atoms with Gasteiger partial charge in [0.05, 0.1) is 5.69 Å². The van der Waals surface area contributed by atoms with Crippen molar-refractivity contribution in [3.8, 4) is 0 Å². The van der Waals surface area contributed by atoms with Crippen LogP contribution in [0.5, 0.6) is 0 Å². The minimum Gasteiger partial charge on any atom is -0.295 e. The maximum atomic E-state index is 12.3. The van der Waals surface area contributed by atoms with Crippen LogP contribution in [-0.2, 0) is 9.59 Å². The van der Waals surface area contributed by atoms with Crippen LogP contribution in [-0.4, -0.2) is 17.6 Å². The second kappa shape index (κ2) is 4.30. The molecule has 2 fully saturated rings. The van der Waals surface area contributed by atoms with Crippen molar-refractivity contribution < 1.29 is 14.4 Å². The van der Waals surface area contributed by atoms with E-state index in [-0.39, 0.29) is 29.4 Å². The predicted molar refractivity (Wildman–Crippen MR) is 69.8 cm³/mol. The Morgan fingerprint density at radius 3 is 2.05 bits per heavy atom. The molecule has 0 spiro atoms. The van der Waals surface area contributed by atoms with Gasteiger partial charge in [-0.2, -0.15) is 0 Å². The van der Waals surface area contributed by atoms with Gasteiger partial charge in [0, 0.05) is 17.4 Å². The molecule has 4 nitrogen and oxygen atoms in total. The first-order valence-corrected chi connectivity index (χ1v) is 6.56. The number of benzene rings is 1. The van der Waals surface area contributed by atoms with E-state index in [0.717, 1.165) is 12.8 Å². The average Bonchev–Trinajstić information content (AvgIpc) is 2.84. The fourth-order valence-corrected chi connectivity index (χ4v) is 3.00. The largest absolute Gasteiger partial charge is 0.295 e. The van der Waals surface area contributed by atoms with Crippen LogP contribution in [0.2, 0.25) is 0 Å². The van der Waals surface area contributed by atoms with Crippen molar-refractivity contribution in [2.45, 2.75) is 26.2 Å². The molecule has 98 valence electrons. The highest BCUT2D eigenvalue weighted by Crippen LogP contribution is 2.39. The van der Waals surface area contributed by atoms with Crippen LogP contribution >= 0.6 is 0 Å². The summed E-state index contributed by atoms with van der Waals surface area (Å²) in [6, 6.07) is 6.68. The number of carbonyl (C=O) groups excluding carboxylic acids is 3. The van der Waals surface area contributed by atoms with E-state index in [9.17, 15) is 14.4 Å². The molecule has 2 bridgehead atoms. The standard InChI is InChI=1S/C15H15NO3/c1-9(17)10-4-6-13(7-5-10)16-14(18)11-2-3-12(8-11)15(16)19/h4-7,11-12H,2-3,8H2,1H3. The van der Waals surface area contributed by atoms with Crippen molar-refractivity contribution in [1.29, 1.82) is 0 Å². The second-order valence-electron chi connectivity index (χ2n) is 5.32. The van der Waals surface area contributed by atoms with Crippen LogP contribution in [0.4, 0.5) is 5.69 Å². The van der Waals surface area contributed by atoms with Crippen molar-refractivity contribution in [3.63, 3.8) is 0 Å². The zero-order valence-corrected chi connectivity index (χ0v) is 10.8. The molecule has 1 aromatic carbocycles. The number of hydrogen-bond acceptors (Lipinski definition) is 3. The molecule has 1 aromatic rings. The summed E-state index contributed by atoms with van der Waals surface area (Å²) in [6.45, 7) is 1.49. The smallest absolute Gasteiger partial charge is 0.236 e. The number of fused-ring (bicyclic) bond motifs is 2. The summed E-state index contributed by atoms with van der Waals surface area (Å²) >= 11 is 0. The molecular weight excluding hydrogens is 242 g/mol. The molecule has 2 aliphatic rings. The van der Waals surface area contributed by atoms with Crippen LogP contribution in [0.15, 0.2) is 24.3 Å². The van der Waals surface area contributed by atoms with E-state index in [4.69, 9.17) is 0 Å². The van der Waals surface area contributed by atoms with E-state index in [1.165, 1.54) is 11.8 Å². The van der Waals surface area contributed by atoms with E-state index >= 15 is 0 Å². The summed E-state index contributed by atoms with van der Waals surface area (Å²) < 4.78 is 0. The number of nitrogens with zero attached hydrogens (tertiary/aromatic N) is 1. The lowest BCUT2D eigenvalue weighted by Gasteiger charge is -2.29. The van der Waals surface area contributed by atoms with Gasteiger partial charge in [0.2, 0.25) is 11.8 Å². The molecule has 1 aliphatic heterocycles. The lowest BCUT2D eigenvalue weighted by Crippen LogP contribution is -2.46. The number of Topliss-reactive ketones (excluding diaryl/α,β-unsaturated/α-hetero) is 1. The highest BCUT2D eigenvalue weighted by molar-refractivity contribution is 6.18. The summed E-state index contributed by atoms with van der Waals surface area (Å²) in [6.07, 6.45) is 2.34. The predicted octanol–water partition coefficient (Wildman–Crippen LogP) is 2.18. The molecule has 1 saturated carbocycles. The van der Waals surface area contributed by atoms with Gasteiger partial charge >= 0.3 is 0 Å². The van der Waals surface area contributed by atoms with Crippen LogP contribution in [0, 0.1) is 11.8 Å². The summed E-state index contributed by atoms with van der Waals surface area (Å²) in [5.74, 6) is -0.211. The molecule has 1 saturated heterocycles. The summed E-state index contributed by atoms with van der Waals surface area (Å²) in [7, 11) is 0. The highest BCUT2D eigenvalue weighted by atomic mass is 16.2. The van der Waals surface area contributed by atoms with E-state index in [1.54, 1.807) is 24.3 Å². The first-order chi connectivity index (χ1) is 9.08. The van der Waals surface area contributed by atoms with Crippen LogP contribution in [0.25, 0.3) is 0 Å². The van der Waals surface area contributed by atoms with E-state index in [0.29, 0.717) is 17.7 Å². The highest BCUT2D eigenvalue weighted by Gasteiger charge is 2.45. The fraction of sp³-hybridized carbons (Fsp3) is 0.400. The quantitative estimate of drug-likeness (QED) is 0.602. The van der Waals surface area contributed by atoms with Gasteiger partial charge in [-0.15, -0.1) is 0 Å². The molecule has 4 heteroatoms. The molecule has 0 aromatic heterocycles. The Morgan fingerprint density at radius 1 is 1.05 bits per heavy atom. The molecule has 1 heterocycles. The van der Waals surface area contributed by atoms with Crippen molar-refractivity contribution in [2.24, 2.45) is 11.8 Å². The molecule has 2 unspecified atom stereocenters. The van der Waals surface area contributed by atoms with Gasteiger partial charge in [-0.3, -0.25) is 19.3 Å². The lowest BCUT2D eigenvalue weighted by atomic mass is 9.96. The van der Waals surface area contributed by atoms with Gasteiger partial charge in [-0.1, -0.05) is 0 Å². The number of rotatable bonds is 2. The fourth-order valence-electron chi connectivity index (χ4n) is 3.00. The normalized spacial score (nSPS) is 25.8. The second-order valence-corrected chi connectivity index (χ2v) is 5.32. The van der Waals surface area contributed by atoms with Crippen LogP contribution in [0.1, 0.15) is 36.5 Å². The zero-order valence-electron chi connectivity index (χ0n) is 10.8. The molecule has 2 atom stereocenters. The van der Waals surface area contributed by atoms with Gasteiger partial charge in [0.25, 0.3) is 0 Å². The monoisotopic (exact) mass is 257 g/mol. The van der Waals surface area contributed by atoms with Crippen molar-refractivity contribution >= 4 is 23.3 Å². The summed E-state index contributed by atoms with van der Waals surface area (Å²) in [4.78, 5) is 37.0. The topological polar surface area (TPSA) is 54.5 Å². The SMILES string of the molecule is CC(=O)c1ccc(N2C(=O)C3CCC(C3)C2=O)cc1. The Bertz CT molecular complexity index is 539. The minimum atomic E-state index is -0.0886. The molecule has 19 heavy (non-hydrogen) atoms. The third-order valence-electron chi connectivity index (χ3n) is 4.10. The summed E-state index contributed by atoms with van der Waals surface area (Å²) in [5, 5.41) is 0. The third kappa shape index (κ3) is 1.87. The Balaban J connectivity index is 1.94. The Morgan fingerprint density at radius 2 is 1.58 bits per heavy atom. The number of piperidine rings is 1. The first-order valence-electron chi connectivity index (χ1n) is 6.56. The average molecular weight is 257 g/mol. The van der Waals surface area contributed by atoms with Crippen molar-refractivity contribution in [3.05, 3.63) is 29.8 Å². The number of imide groups is 1. The van der Waals surface area contributed by atoms with Gasteiger partial charge in [-0.25, -0.2) is 0 Å².